The average molecular weight is 186 g/mol. The molecule has 14 heavy (non-hydrogen) atoms. The quantitative estimate of drug-likeness (QED) is 0.479. The van der Waals surface area contributed by atoms with Crippen molar-refractivity contribution in [2.24, 2.45) is 0 Å². The van der Waals surface area contributed by atoms with Crippen LogP contribution in [-0.4, -0.2) is 0 Å². The lowest BCUT2D eigenvalue weighted by molar-refractivity contribution is 0.815. The Kier molecular flexibility index (Phi) is 5.54. The number of hydrogen-bond donors (Lipinski definition) is 0. The lowest BCUT2D eigenvalue weighted by atomic mass is 10.1. The smallest absolute Gasteiger partial charge is 0.00214 e. The molecule has 0 nitrogen and oxygen atoms in total. The highest BCUT2D eigenvalue weighted by atomic mass is 13.9. The van der Waals surface area contributed by atoms with Gasteiger partial charge in [0.2, 0.25) is 0 Å². The number of hydrogen-bond acceptors (Lipinski definition) is 0. The molecule has 0 saturated carbocycles. The van der Waals surface area contributed by atoms with Gasteiger partial charge in [-0.2, -0.15) is 0 Å². The van der Waals surface area contributed by atoms with Gasteiger partial charge in [-0.05, 0) is 37.0 Å². The Labute approximate surface area is 87.0 Å². The Balaban J connectivity index is 2.30. The predicted octanol–water partition coefficient (Wildman–Crippen LogP) is 4.13. The Morgan fingerprint density at radius 2 is 1.93 bits per heavy atom. The van der Waals surface area contributed by atoms with Gasteiger partial charge >= 0.3 is 0 Å². The van der Waals surface area contributed by atoms with Gasteiger partial charge in [0.05, 0.1) is 0 Å². The first kappa shape index (κ1) is 10.8. The first-order valence-corrected chi connectivity index (χ1v) is 5.37. The van der Waals surface area contributed by atoms with Crippen molar-refractivity contribution < 1.29 is 0 Å². The zero-order valence-corrected chi connectivity index (χ0v) is 8.87. The van der Waals surface area contributed by atoms with E-state index in [1.807, 2.05) is 6.07 Å². The van der Waals surface area contributed by atoms with Crippen LogP contribution in [0.1, 0.15) is 31.7 Å². The lowest BCUT2D eigenvalue weighted by Crippen LogP contribution is -1.76. The number of benzene rings is 1. The van der Waals surface area contributed by atoms with Crippen LogP contribution >= 0.6 is 0 Å². The zero-order chi connectivity index (χ0) is 10.1. The summed E-state index contributed by atoms with van der Waals surface area (Å²) in [6.45, 7) is 2.21. The van der Waals surface area contributed by atoms with Crippen molar-refractivity contribution in [2.75, 3.05) is 0 Å². The minimum atomic E-state index is 0.990. The number of allylic oxidation sites excluding steroid dienone is 1. The van der Waals surface area contributed by atoms with E-state index in [2.05, 4.69) is 49.1 Å². The standard InChI is InChI=1S/C14H18/c1-2-3-4-5-6-8-11-14-12-9-7-10-13-14/h5,7-10,12-13H,2-4,11H2,1H3. The maximum Gasteiger partial charge on any atom is -0.00214 e. The molecule has 0 saturated heterocycles. The average Bonchev–Trinajstić information content (AvgIpc) is 2.25. The first-order valence-electron chi connectivity index (χ1n) is 5.37. The number of unbranched alkanes of at least 4 members (excludes halogenated alkanes) is 2. The fraction of sp³-hybridized carbons (Fsp3) is 0.357. The molecule has 0 unspecified atom stereocenters. The van der Waals surface area contributed by atoms with Crippen molar-refractivity contribution in [1.29, 1.82) is 0 Å². The van der Waals surface area contributed by atoms with Crippen LogP contribution in [0.3, 0.4) is 0 Å². The van der Waals surface area contributed by atoms with Crippen molar-refractivity contribution in [2.45, 2.75) is 32.6 Å². The van der Waals surface area contributed by atoms with Crippen LogP contribution in [0, 0.1) is 0 Å². The summed E-state index contributed by atoms with van der Waals surface area (Å²) in [7, 11) is 0. The fourth-order valence-electron chi connectivity index (χ4n) is 1.26. The molecule has 0 heteroatoms. The van der Waals surface area contributed by atoms with Crippen molar-refractivity contribution in [3.05, 3.63) is 53.8 Å². The maximum atomic E-state index is 3.22. The maximum absolute atomic E-state index is 3.22. The molecule has 0 atom stereocenters. The predicted molar refractivity (Wildman–Crippen MR) is 62.3 cm³/mol. The van der Waals surface area contributed by atoms with Crippen LogP contribution in [0.2, 0.25) is 0 Å². The van der Waals surface area contributed by atoms with E-state index in [1.54, 1.807) is 0 Å². The summed E-state index contributed by atoms with van der Waals surface area (Å²) in [6.07, 6.45) is 8.91. The van der Waals surface area contributed by atoms with E-state index in [-0.39, 0.29) is 0 Å². The van der Waals surface area contributed by atoms with Gasteiger partial charge in [0.15, 0.2) is 0 Å². The molecule has 0 aliphatic carbocycles. The largest absolute Gasteiger partial charge is 0.129 e. The minimum Gasteiger partial charge on any atom is -0.129 e. The molecule has 0 fully saturated rings. The summed E-state index contributed by atoms with van der Waals surface area (Å²) in [6, 6.07) is 10.5. The summed E-state index contributed by atoms with van der Waals surface area (Å²) < 4.78 is 0. The van der Waals surface area contributed by atoms with Crippen molar-refractivity contribution in [3.8, 4) is 0 Å². The summed E-state index contributed by atoms with van der Waals surface area (Å²) in [5.74, 6) is 0. The van der Waals surface area contributed by atoms with Crippen LogP contribution in [0.5, 0.6) is 0 Å². The van der Waals surface area contributed by atoms with Crippen molar-refractivity contribution in [3.63, 3.8) is 0 Å². The molecule has 0 aliphatic heterocycles. The summed E-state index contributed by atoms with van der Waals surface area (Å²) in [5, 5.41) is 0. The SMILES string of the molecule is CCCCC=C=CCc1ccccc1. The van der Waals surface area contributed by atoms with E-state index >= 15 is 0 Å². The second-order valence-electron chi connectivity index (χ2n) is 3.41. The van der Waals surface area contributed by atoms with Crippen LogP contribution < -0.4 is 0 Å². The second-order valence-corrected chi connectivity index (χ2v) is 3.41. The zero-order valence-electron chi connectivity index (χ0n) is 8.87. The first-order chi connectivity index (χ1) is 6.93. The van der Waals surface area contributed by atoms with E-state index < -0.39 is 0 Å². The molecule has 74 valence electrons. The topological polar surface area (TPSA) is 0 Å². The Morgan fingerprint density at radius 1 is 1.14 bits per heavy atom. The third-order valence-corrected chi connectivity index (χ3v) is 2.12. The van der Waals surface area contributed by atoms with Crippen molar-refractivity contribution >= 4 is 0 Å². The Hall–Kier alpha value is -1.26. The molecule has 1 aromatic carbocycles. The summed E-state index contributed by atoms with van der Waals surface area (Å²) in [4.78, 5) is 0. The molecule has 0 aromatic heterocycles. The molecule has 0 radical (unpaired) electrons. The van der Waals surface area contributed by atoms with E-state index in [1.165, 1.54) is 18.4 Å². The van der Waals surface area contributed by atoms with Gasteiger partial charge in [0, 0.05) is 0 Å². The lowest BCUT2D eigenvalue weighted by Gasteiger charge is -1.91. The fourth-order valence-corrected chi connectivity index (χ4v) is 1.26. The molecule has 1 rings (SSSR count). The third-order valence-electron chi connectivity index (χ3n) is 2.12. The molecule has 0 spiro atoms. The number of rotatable bonds is 5. The van der Waals surface area contributed by atoms with Crippen LogP contribution in [0.25, 0.3) is 0 Å². The molecular weight excluding hydrogens is 168 g/mol. The van der Waals surface area contributed by atoms with Gasteiger partial charge in [0.1, 0.15) is 0 Å². The van der Waals surface area contributed by atoms with E-state index in [0.717, 1.165) is 12.8 Å². The van der Waals surface area contributed by atoms with Gasteiger partial charge in [-0.3, -0.25) is 0 Å². The molecular formula is C14H18. The Bertz CT molecular complexity index is 289. The van der Waals surface area contributed by atoms with E-state index in [9.17, 15) is 0 Å². The van der Waals surface area contributed by atoms with E-state index in [4.69, 9.17) is 0 Å². The second kappa shape index (κ2) is 7.17. The van der Waals surface area contributed by atoms with Crippen LogP contribution in [0.15, 0.2) is 48.2 Å². The highest BCUT2D eigenvalue weighted by molar-refractivity contribution is 5.17. The molecule has 0 amide bonds. The van der Waals surface area contributed by atoms with Crippen LogP contribution in [-0.2, 0) is 6.42 Å². The van der Waals surface area contributed by atoms with Gasteiger partial charge in [-0.15, -0.1) is 5.73 Å². The molecule has 1 aromatic rings. The van der Waals surface area contributed by atoms with E-state index in [0.29, 0.717) is 0 Å². The normalized spacial score (nSPS) is 9.21. The highest BCUT2D eigenvalue weighted by Crippen LogP contribution is 1.99. The van der Waals surface area contributed by atoms with Crippen molar-refractivity contribution in [1.82, 2.24) is 0 Å². The molecule has 0 bridgehead atoms. The van der Waals surface area contributed by atoms with Gasteiger partial charge in [-0.25, -0.2) is 0 Å². The Morgan fingerprint density at radius 3 is 2.64 bits per heavy atom. The molecule has 0 heterocycles. The van der Waals surface area contributed by atoms with Gasteiger partial charge in [0.25, 0.3) is 0 Å². The third kappa shape index (κ3) is 4.69. The summed E-state index contributed by atoms with van der Waals surface area (Å²) >= 11 is 0. The monoisotopic (exact) mass is 186 g/mol. The van der Waals surface area contributed by atoms with Gasteiger partial charge in [-0.1, -0.05) is 43.7 Å². The minimum absolute atomic E-state index is 0.990. The van der Waals surface area contributed by atoms with Gasteiger partial charge < -0.3 is 0 Å². The molecule has 0 N–H and O–H groups in total. The highest BCUT2D eigenvalue weighted by Gasteiger charge is 1.83. The summed E-state index contributed by atoms with van der Waals surface area (Å²) in [5.41, 5.74) is 4.57. The molecule has 0 aliphatic rings. The van der Waals surface area contributed by atoms with Crippen LogP contribution in [0.4, 0.5) is 0 Å².